The number of amides is 2. The normalized spacial score (nSPS) is 21.1. The molecule has 1 fully saturated rings. The molecule has 0 bridgehead atoms. The van der Waals surface area contributed by atoms with Gasteiger partial charge in [-0.25, -0.2) is 9.59 Å². The lowest BCUT2D eigenvalue weighted by molar-refractivity contribution is -0.384. The van der Waals surface area contributed by atoms with E-state index in [9.17, 15) is 42.8 Å². The average molecular weight is 529 g/mol. The minimum atomic E-state index is -5.41. The largest absolute Gasteiger partial charge is 0.437 e. The lowest BCUT2D eigenvalue weighted by Gasteiger charge is -2.45. The predicted molar refractivity (Wildman–Crippen MR) is 124 cm³/mol. The Morgan fingerprint density at radius 3 is 2.21 bits per heavy atom. The van der Waals surface area contributed by atoms with Crippen molar-refractivity contribution in [2.75, 3.05) is 0 Å². The van der Waals surface area contributed by atoms with E-state index in [0.29, 0.717) is 0 Å². The number of nitro groups is 1. The Morgan fingerprint density at radius 2 is 1.61 bits per heavy atom. The van der Waals surface area contributed by atoms with E-state index in [1.165, 1.54) is 72.0 Å². The van der Waals surface area contributed by atoms with Crippen molar-refractivity contribution in [1.82, 2.24) is 10.6 Å². The first kappa shape index (κ1) is 26.3. The molecule has 13 heteroatoms. The summed E-state index contributed by atoms with van der Waals surface area (Å²) < 4.78 is 47.2. The van der Waals surface area contributed by atoms with Crippen molar-refractivity contribution in [1.29, 1.82) is 0 Å². The minimum absolute atomic E-state index is 0.00644. The molecule has 0 aromatic heterocycles. The van der Waals surface area contributed by atoms with Gasteiger partial charge < -0.3 is 20.5 Å². The average Bonchev–Trinajstić information content (AvgIpc) is 2.88. The molecule has 0 radical (unpaired) electrons. The zero-order chi connectivity index (χ0) is 27.7. The Hall–Kier alpha value is -4.78. The molecule has 10 nitrogen and oxygen atoms in total. The van der Waals surface area contributed by atoms with Gasteiger partial charge in [0.25, 0.3) is 5.69 Å². The maximum absolute atomic E-state index is 14.0. The number of ether oxygens (including phenoxy) is 1. The number of non-ortho nitro benzene ring substituents is 1. The first-order valence-corrected chi connectivity index (χ1v) is 10.9. The fourth-order valence-electron chi connectivity index (χ4n) is 4.05. The fourth-order valence-corrected chi connectivity index (χ4v) is 4.05. The Bertz CT molecular complexity index is 1400. The number of rotatable bonds is 6. The maximum Gasteiger partial charge on any atom is 0.437 e. The summed E-state index contributed by atoms with van der Waals surface area (Å²) in [7, 11) is 0. The Morgan fingerprint density at radius 1 is 0.974 bits per heavy atom. The monoisotopic (exact) mass is 529 g/mol. The molecule has 3 aromatic rings. The molecule has 0 saturated carbocycles. The van der Waals surface area contributed by atoms with Gasteiger partial charge in [0.05, 0.1) is 16.5 Å². The summed E-state index contributed by atoms with van der Waals surface area (Å²) in [5, 5.41) is 25.3. The maximum atomic E-state index is 14.0. The number of carbonyl (C=O) groups excluding carboxylic acids is 3. The van der Waals surface area contributed by atoms with Gasteiger partial charge in [-0.1, -0.05) is 48.5 Å². The van der Waals surface area contributed by atoms with Gasteiger partial charge in [-0.15, -0.1) is 0 Å². The van der Waals surface area contributed by atoms with E-state index in [0.717, 1.165) is 6.07 Å². The number of hydrogen-bond acceptors (Lipinski definition) is 7. The van der Waals surface area contributed by atoms with E-state index in [1.807, 2.05) is 0 Å². The zero-order valence-corrected chi connectivity index (χ0v) is 19.1. The van der Waals surface area contributed by atoms with Crippen LogP contribution < -0.4 is 15.4 Å². The first-order chi connectivity index (χ1) is 17.9. The summed E-state index contributed by atoms with van der Waals surface area (Å²) in [6, 6.07) is 13.7. The van der Waals surface area contributed by atoms with E-state index in [1.54, 1.807) is 6.07 Å². The number of hydrogen-bond donors (Lipinski definition) is 3. The summed E-state index contributed by atoms with van der Waals surface area (Å²) in [5.74, 6) is -4.30. The summed E-state index contributed by atoms with van der Waals surface area (Å²) in [5.41, 5.74) is -4.45. The molecule has 196 valence electrons. The second kappa shape index (κ2) is 9.94. The van der Waals surface area contributed by atoms with Gasteiger partial charge in [-0.05, 0) is 23.8 Å². The van der Waals surface area contributed by atoms with E-state index in [4.69, 9.17) is 4.74 Å². The topological polar surface area (TPSA) is 148 Å². The number of ketones is 1. The van der Waals surface area contributed by atoms with E-state index >= 15 is 0 Å². The van der Waals surface area contributed by atoms with Gasteiger partial charge in [0, 0.05) is 17.7 Å². The van der Waals surface area contributed by atoms with Crippen molar-refractivity contribution in [3.8, 4) is 5.75 Å². The van der Waals surface area contributed by atoms with Gasteiger partial charge in [0.1, 0.15) is 11.7 Å². The second-order valence-electron chi connectivity index (χ2n) is 8.31. The lowest BCUT2D eigenvalue weighted by atomic mass is 9.77. The van der Waals surface area contributed by atoms with Crippen LogP contribution in [0.1, 0.15) is 32.3 Å². The number of aliphatic hydroxyl groups is 1. The molecular weight excluding hydrogens is 511 g/mol. The molecule has 3 N–H and O–H groups in total. The fraction of sp³-hybridized carbons (Fsp3) is 0.160. The van der Waals surface area contributed by atoms with Crippen molar-refractivity contribution < 1.29 is 42.3 Å². The number of nitrogens with one attached hydrogen (secondary N) is 2. The summed E-state index contributed by atoms with van der Waals surface area (Å²) in [4.78, 5) is 48.0. The molecule has 38 heavy (non-hydrogen) atoms. The van der Waals surface area contributed by atoms with Crippen LogP contribution in [-0.2, 0) is 0 Å². The number of urea groups is 1. The number of esters is 1. The van der Waals surface area contributed by atoms with Crippen LogP contribution in [0.5, 0.6) is 5.75 Å². The van der Waals surface area contributed by atoms with Crippen molar-refractivity contribution in [2.45, 2.75) is 17.9 Å². The number of carbonyl (C=O) groups is 3. The highest BCUT2D eigenvalue weighted by molar-refractivity contribution is 6.00. The highest BCUT2D eigenvalue weighted by Gasteiger charge is 2.66. The number of nitrogens with zero attached hydrogens (tertiary/aromatic N) is 1. The summed E-state index contributed by atoms with van der Waals surface area (Å²) in [6.45, 7) is 0. The molecule has 2 amide bonds. The quantitative estimate of drug-likeness (QED) is 0.144. The van der Waals surface area contributed by atoms with Crippen LogP contribution in [0.25, 0.3) is 0 Å². The SMILES string of the molecule is O=C1NC(c2ccc(OC(=O)c3cccc([N+](=O)[O-])c3)cc2)C(C(=O)c2ccccc2)C(O)(C(F)(F)F)N1. The molecule has 3 atom stereocenters. The molecule has 0 aliphatic carbocycles. The van der Waals surface area contributed by atoms with Gasteiger partial charge in [-0.3, -0.25) is 14.9 Å². The standard InChI is InChI=1S/C25H18F3N3O7/c26-25(27,28)24(35)19(21(32)15-5-2-1-3-6-15)20(29-23(34)30-24)14-9-11-18(12-10-14)38-22(33)16-7-4-8-17(13-16)31(36)37/h1-13,19-20,35H,(H2,29,30,34). The van der Waals surface area contributed by atoms with E-state index in [2.05, 4.69) is 5.32 Å². The molecule has 0 spiro atoms. The predicted octanol–water partition coefficient (Wildman–Crippen LogP) is 3.92. The van der Waals surface area contributed by atoms with Gasteiger partial charge in [0.15, 0.2) is 5.78 Å². The Kier molecular flexibility index (Phi) is 6.87. The highest BCUT2D eigenvalue weighted by atomic mass is 19.4. The van der Waals surface area contributed by atoms with Crippen molar-refractivity contribution in [2.24, 2.45) is 5.92 Å². The van der Waals surface area contributed by atoms with Crippen LogP contribution in [0.2, 0.25) is 0 Å². The molecule has 1 aliphatic rings. The molecule has 1 saturated heterocycles. The minimum Gasteiger partial charge on any atom is -0.423 e. The molecule has 3 aromatic carbocycles. The summed E-state index contributed by atoms with van der Waals surface area (Å²) in [6.07, 6.45) is -5.41. The van der Waals surface area contributed by atoms with E-state index < -0.39 is 46.6 Å². The molecule has 4 rings (SSSR count). The third kappa shape index (κ3) is 5.04. The number of Topliss-reactive ketones (excluding diaryl/α,β-unsaturated/α-hetero) is 1. The number of nitro benzene ring substituents is 1. The van der Waals surface area contributed by atoms with Crippen LogP contribution in [0, 0.1) is 16.0 Å². The molecule has 1 aliphatic heterocycles. The zero-order valence-electron chi connectivity index (χ0n) is 19.1. The summed E-state index contributed by atoms with van der Waals surface area (Å²) >= 11 is 0. The smallest absolute Gasteiger partial charge is 0.423 e. The van der Waals surface area contributed by atoms with Crippen LogP contribution in [0.15, 0.2) is 78.9 Å². The van der Waals surface area contributed by atoms with Crippen molar-refractivity contribution in [3.05, 3.63) is 106 Å². The van der Waals surface area contributed by atoms with Crippen LogP contribution in [-0.4, -0.2) is 39.7 Å². The second-order valence-corrected chi connectivity index (χ2v) is 8.31. The third-order valence-electron chi connectivity index (χ3n) is 5.89. The molecule has 3 unspecified atom stereocenters. The van der Waals surface area contributed by atoms with Crippen molar-refractivity contribution in [3.63, 3.8) is 0 Å². The van der Waals surface area contributed by atoms with E-state index in [-0.39, 0.29) is 28.1 Å². The van der Waals surface area contributed by atoms with Gasteiger partial charge >= 0.3 is 18.2 Å². The third-order valence-corrected chi connectivity index (χ3v) is 5.89. The Balaban J connectivity index is 1.65. The first-order valence-electron chi connectivity index (χ1n) is 10.9. The lowest BCUT2D eigenvalue weighted by Crippen LogP contribution is -2.72. The number of benzene rings is 3. The van der Waals surface area contributed by atoms with Crippen molar-refractivity contribution >= 4 is 23.5 Å². The number of halogens is 3. The van der Waals surface area contributed by atoms with Crippen LogP contribution in [0.4, 0.5) is 23.7 Å². The van der Waals surface area contributed by atoms with Crippen LogP contribution >= 0.6 is 0 Å². The molecule has 1 heterocycles. The number of alkyl halides is 3. The highest BCUT2D eigenvalue weighted by Crippen LogP contribution is 2.44. The van der Waals surface area contributed by atoms with Gasteiger partial charge in [-0.2, -0.15) is 13.2 Å². The molecular formula is C25H18F3N3O7. The Labute approximate surface area is 212 Å². The van der Waals surface area contributed by atoms with Crippen LogP contribution in [0.3, 0.4) is 0 Å². The van der Waals surface area contributed by atoms with Gasteiger partial charge in [0.2, 0.25) is 5.72 Å².